The summed E-state index contributed by atoms with van der Waals surface area (Å²) in [6.45, 7) is 1.80. The van der Waals surface area contributed by atoms with Crippen LogP contribution in [-0.4, -0.2) is 13.4 Å². The summed E-state index contributed by atoms with van der Waals surface area (Å²) in [7, 11) is 1.45. The summed E-state index contributed by atoms with van der Waals surface area (Å²) in [6, 6.07) is 5.37. The fraction of sp³-hybridized carbons (Fsp3) is 0.200. The number of hydrogen-bond acceptors (Lipinski definition) is 3. The molecular weight excluding hydrogens is 166 g/mol. The van der Waals surface area contributed by atoms with E-state index in [1.807, 2.05) is 6.07 Å². The molecule has 0 heterocycles. The molecule has 0 amide bonds. The van der Waals surface area contributed by atoms with Crippen molar-refractivity contribution < 1.29 is 9.53 Å². The SMILES string of the molecule is COc1c(C=O)ccc(C)c1C#N. The quantitative estimate of drug-likeness (QED) is 0.642. The number of aldehydes is 1. The molecule has 13 heavy (non-hydrogen) atoms. The first kappa shape index (κ1) is 9.27. The highest BCUT2D eigenvalue weighted by Gasteiger charge is 2.10. The Hall–Kier alpha value is -1.82. The van der Waals surface area contributed by atoms with Gasteiger partial charge < -0.3 is 4.74 Å². The second kappa shape index (κ2) is 3.72. The van der Waals surface area contributed by atoms with Crippen molar-refractivity contribution in [1.82, 2.24) is 0 Å². The van der Waals surface area contributed by atoms with Gasteiger partial charge in [0.25, 0.3) is 0 Å². The number of methoxy groups -OCH3 is 1. The fourth-order valence-corrected chi connectivity index (χ4v) is 1.15. The summed E-state index contributed by atoms with van der Waals surface area (Å²) >= 11 is 0. The molecule has 3 nitrogen and oxygen atoms in total. The third kappa shape index (κ3) is 1.52. The molecule has 0 N–H and O–H groups in total. The molecule has 0 saturated heterocycles. The third-order valence-corrected chi connectivity index (χ3v) is 1.84. The predicted molar refractivity (Wildman–Crippen MR) is 47.8 cm³/mol. The van der Waals surface area contributed by atoms with Crippen molar-refractivity contribution in [1.29, 1.82) is 5.26 Å². The molecule has 0 radical (unpaired) electrons. The minimum Gasteiger partial charge on any atom is -0.495 e. The molecule has 1 rings (SSSR count). The van der Waals surface area contributed by atoms with E-state index in [4.69, 9.17) is 10.00 Å². The van der Waals surface area contributed by atoms with E-state index in [1.54, 1.807) is 19.1 Å². The first-order valence-corrected chi connectivity index (χ1v) is 3.77. The molecule has 0 spiro atoms. The van der Waals surface area contributed by atoms with Crippen LogP contribution in [0.1, 0.15) is 21.5 Å². The predicted octanol–water partition coefficient (Wildman–Crippen LogP) is 1.69. The van der Waals surface area contributed by atoms with E-state index >= 15 is 0 Å². The molecule has 0 fully saturated rings. The van der Waals surface area contributed by atoms with Crippen molar-refractivity contribution in [3.8, 4) is 11.8 Å². The van der Waals surface area contributed by atoms with E-state index in [2.05, 4.69) is 0 Å². The number of aryl methyl sites for hydroxylation is 1. The van der Waals surface area contributed by atoms with Gasteiger partial charge >= 0.3 is 0 Å². The normalized spacial score (nSPS) is 9.00. The maximum absolute atomic E-state index is 10.6. The van der Waals surface area contributed by atoms with Gasteiger partial charge in [-0.25, -0.2) is 0 Å². The Balaban J connectivity index is 3.47. The molecule has 1 aromatic carbocycles. The van der Waals surface area contributed by atoms with Crippen LogP contribution in [-0.2, 0) is 0 Å². The first-order valence-electron chi connectivity index (χ1n) is 3.77. The smallest absolute Gasteiger partial charge is 0.153 e. The lowest BCUT2D eigenvalue weighted by molar-refractivity contribution is 0.112. The lowest BCUT2D eigenvalue weighted by Gasteiger charge is -2.07. The fourth-order valence-electron chi connectivity index (χ4n) is 1.15. The van der Waals surface area contributed by atoms with Gasteiger partial charge in [-0.3, -0.25) is 4.79 Å². The van der Waals surface area contributed by atoms with E-state index in [-0.39, 0.29) is 0 Å². The number of benzene rings is 1. The number of carbonyl (C=O) groups is 1. The molecule has 0 aromatic heterocycles. The number of rotatable bonds is 2. The molecule has 0 aliphatic heterocycles. The second-order valence-corrected chi connectivity index (χ2v) is 2.61. The van der Waals surface area contributed by atoms with E-state index < -0.39 is 0 Å². The molecule has 0 bridgehead atoms. The zero-order chi connectivity index (χ0) is 9.84. The summed E-state index contributed by atoms with van der Waals surface area (Å²) in [4.78, 5) is 10.6. The van der Waals surface area contributed by atoms with Crippen LogP contribution in [0.4, 0.5) is 0 Å². The van der Waals surface area contributed by atoms with Gasteiger partial charge in [0.05, 0.1) is 18.2 Å². The van der Waals surface area contributed by atoms with Crippen molar-refractivity contribution >= 4 is 6.29 Å². The summed E-state index contributed by atoms with van der Waals surface area (Å²) in [6.07, 6.45) is 0.680. The van der Waals surface area contributed by atoms with Gasteiger partial charge in [0, 0.05) is 0 Å². The van der Waals surface area contributed by atoms with Gasteiger partial charge in [0.15, 0.2) is 6.29 Å². The Bertz CT molecular complexity index is 377. The number of hydrogen-bond donors (Lipinski definition) is 0. The Labute approximate surface area is 76.6 Å². The van der Waals surface area contributed by atoms with Crippen molar-refractivity contribution in [2.24, 2.45) is 0 Å². The van der Waals surface area contributed by atoms with Crippen LogP contribution in [0.5, 0.6) is 5.75 Å². The molecule has 0 saturated carbocycles. The highest BCUT2D eigenvalue weighted by Crippen LogP contribution is 2.24. The van der Waals surface area contributed by atoms with Gasteiger partial charge in [-0.05, 0) is 18.6 Å². The van der Waals surface area contributed by atoms with Gasteiger partial charge in [-0.2, -0.15) is 5.26 Å². The van der Waals surface area contributed by atoms with Crippen molar-refractivity contribution in [2.75, 3.05) is 7.11 Å². The lowest BCUT2D eigenvalue weighted by atomic mass is 10.0. The molecule has 0 atom stereocenters. The van der Waals surface area contributed by atoms with Crippen molar-refractivity contribution in [3.63, 3.8) is 0 Å². The Kier molecular flexibility index (Phi) is 2.65. The highest BCUT2D eigenvalue weighted by atomic mass is 16.5. The van der Waals surface area contributed by atoms with E-state index in [1.165, 1.54) is 7.11 Å². The Morgan fingerprint density at radius 3 is 2.69 bits per heavy atom. The van der Waals surface area contributed by atoms with E-state index in [9.17, 15) is 4.79 Å². The maximum atomic E-state index is 10.6. The maximum Gasteiger partial charge on any atom is 0.153 e. The Morgan fingerprint density at radius 1 is 1.54 bits per heavy atom. The number of ether oxygens (including phenoxy) is 1. The minimum absolute atomic E-state index is 0.359. The van der Waals surface area contributed by atoms with Crippen LogP contribution < -0.4 is 4.74 Å². The average molecular weight is 175 g/mol. The largest absolute Gasteiger partial charge is 0.495 e. The Morgan fingerprint density at radius 2 is 2.23 bits per heavy atom. The summed E-state index contributed by atoms with van der Waals surface area (Å²) in [5.74, 6) is 0.359. The van der Waals surface area contributed by atoms with Crippen LogP contribution >= 0.6 is 0 Å². The van der Waals surface area contributed by atoms with Crippen LogP contribution in [0.25, 0.3) is 0 Å². The number of nitrogens with zero attached hydrogens (tertiary/aromatic N) is 1. The third-order valence-electron chi connectivity index (χ3n) is 1.84. The monoisotopic (exact) mass is 175 g/mol. The summed E-state index contributed by atoms with van der Waals surface area (Å²) in [5, 5.41) is 8.80. The van der Waals surface area contributed by atoms with Crippen LogP contribution in [0.3, 0.4) is 0 Å². The van der Waals surface area contributed by atoms with Crippen LogP contribution in [0, 0.1) is 18.3 Å². The van der Waals surface area contributed by atoms with Crippen LogP contribution in [0.2, 0.25) is 0 Å². The highest BCUT2D eigenvalue weighted by molar-refractivity contribution is 5.81. The van der Waals surface area contributed by atoms with Crippen molar-refractivity contribution in [2.45, 2.75) is 6.92 Å². The molecule has 3 heteroatoms. The number of nitriles is 1. The zero-order valence-electron chi connectivity index (χ0n) is 7.50. The topological polar surface area (TPSA) is 50.1 Å². The van der Waals surface area contributed by atoms with Gasteiger partial charge in [0.2, 0.25) is 0 Å². The molecule has 0 aliphatic carbocycles. The van der Waals surface area contributed by atoms with E-state index in [0.29, 0.717) is 23.2 Å². The zero-order valence-corrected chi connectivity index (χ0v) is 7.50. The summed E-state index contributed by atoms with van der Waals surface area (Å²) < 4.78 is 4.99. The standard InChI is InChI=1S/C10H9NO2/c1-7-3-4-8(6-12)10(13-2)9(7)5-11/h3-4,6H,1-2H3. The van der Waals surface area contributed by atoms with E-state index in [0.717, 1.165) is 5.56 Å². The number of carbonyl (C=O) groups excluding carboxylic acids is 1. The van der Waals surface area contributed by atoms with Gasteiger partial charge in [-0.1, -0.05) is 6.07 Å². The second-order valence-electron chi connectivity index (χ2n) is 2.61. The minimum atomic E-state index is 0.359. The van der Waals surface area contributed by atoms with Crippen LogP contribution in [0.15, 0.2) is 12.1 Å². The average Bonchev–Trinajstić information content (AvgIpc) is 2.17. The molecule has 1 aromatic rings. The van der Waals surface area contributed by atoms with Crippen molar-refractivity contribution in [3.05, 3.63) is 28.8 Å². The molecule has 0 aliphatic rings. The van der Waals surface area contributed by atoms with Gasteiger partial charge in [0.1, 0.15) is 11.8 Å². The lowest BCUT2D eigenvalue weighted by Crippen LogP contribution is -1.96. The molecule has 0 unspecified atom stereocenters. The first-order chi connectivity index (χ1) is 6.24. The van der Waals surface area contributed by atoms with Gasteiger partial charge in [-0.15, -0.1) is 0 Å². The molecule has 66 valence electrons. The summed E-state index contributed by atoms with van der Waals surface area (Å²) in [5.41, 5.74) is 1.64. The molecular formula is C10H9NO2.